The van der Waals surface area contributed by atoms with Gasteiger partial charge in [-0.1, -0.05) is 12.5 Å². The van der Waals surface area contributed by atoms with Crippen LogP contribution in [0.15, 0.2) is 18.2 Å². The van der Waals surface area contributed by atoms with Gasteiger partial charge in [0.25, 0.3) is 0 Å². The van der Waals surface area contributed by atoms with E-state index in [0.29, 0.717) is 6.42 Å². The molecule has 1 atom stereocenters. The van der Waals surface area contributed by atoms with Gasteiger partial charge in [0.1, 0.15) is 0 Å². The maximum atomic E-state index is 11.8. The van der Waals surface area contributed by atoms with Gasteiger partial charge in [0, 0.05) is 6.04 Å². The lowest BCUT2D eigenvalue weighted by atomic mass is 9.98. The van der Waals surface area contributed by atoms with Crippen LogP contribution < -0.4 is 9.47 Å². The van der Waals surface area contributed by atoms with Gasteiger partial charge in [0.15, 0.2) is 11.5 Å². The third-order valence-corrected chi connectivity index (χ3v) is 4.20. The van der Waals surface area contributed by atoms with Gasteiger partial charge >= 0.3 is 5.97 Å². The first kappa shape index (κ1) is 14.2. The van der Waals surface area contributed by atoms with Crippen molar-refractivity contribution >= 4 is 5.97 Å². The normalized spacial score (nSPS) is 19.3. The molecule has 0 radical (unpaired) electrons. The minimum atomic E-state index is -0.178. The summed E-state index contributed by atoms with van der Waals surface area (Å²) in [5.74, 6) is 1.36. The van der Waals surface area contributed by atoms with E-state index in [1.165, 1.54) is 26.4 Å². The van der Waals surface area contributed by atoms with Gasteiger partial charge in [-0.05, 0) is 43.6 Å². The third-order valence-electron chi connectivity index (χ3n) is 4.20. The molecule has 2 heterocycles. The molecule has 3 rings (SSSR count). The number of carbonyl (C=O) groups excluding carboxylic acids is 1. The number of hydrogen-bond acceptors (Lipinski definition) is 5. The Bertz CT molecular complexity index is 511. The summed E-state index contributed by atoms with van der Waals surface area (Å²) >= 11 is 0. The molecule has 0 spiro atoms. The average Bonchev–Trinajstić information content (AvgIpc) is 3.00. The van der Waals surface area contributed by atoms with Gasteiger partial charge in [0.2, 0.25) is 6.79 Å². The third kappa shape index (κ3) is 3.13. The van der Waals surface area contributed by atoms with E-state index < -0.39 is 0 Å². The molecule has 0 amide bonds. The second-order valence-electron chi connectivity index (χ2n) is 5.51. The number of likely N-dealkylation sites (tertiary alicyclic amines) is 1. The fourth-order valence-electron chi connectivity index (χ4n) is 3.05. The molecule has 1 aromatic rings. The van der Waals surface area contributed by atoms with Crippen LogP contribution in [0.4, 0.5) is 0 Å². The molecule has 1 saturated heterocycles. The molecule has 0 unspecified atom stereocenters. The molecule has 0 aromatic heterocycles. The summed E-state index contributed by atoms with van der Waals surface area (Å²) in [6.07, 6.45) is 4.00. The molecule has 5 nitrogen and oxygen atoms in total. The maximum Gasteiger partial charge on any atom is 0.307 e. The Kier molecular flexibility index (Phi) is 4.29. The second-order valence-corrected chi connectivity index (χ2v) is 5.51. The molecule has 0 saturated carbocycles. The van der Waals surface area contributed by atoms with Crippen LogP contribution in [-0.2, 0) is 9.53 Å². The zero-order valence-corrected chi connectivity index (χ0v) is 12.3. The zero-order chi connectivity index (χ0) is 14.7. The molecule has 21 heavy (non-hydrogen) atoms. The lowest BCUT2D eigenvalue weighted by molar-refractivity contribution is -0.142. The summed E-state index contributed by atoms with van der Waals surface area (Å²) in [6, 6.07) is 5.99. The van der Waals surface area contributed by atoms with Crippen molar-refractivity contribution in [2.45, 2.75) is 31.7 Å². The number of rotatable bonds is 4. The lowest BCUT2D eigenvalue weighted by Gasteiger charge is -2.34. The van der Waals surface area contributed by atoms with Crippen molar-refractivity contribution in [3.63, 3.8) is 0 Å². The fourth-order valence-corrected chi connectivity index (χ4v) is 3.05. The van der Waals surface area contributed by atoms with E-state index in [4.69, 9.17) is 14.2 Å². The van der Waals surface area contributed by atoms with Crippen LogP contribution >= 0.6 is 0 Å². The van der Waals surface area contributed by atoms with Crippen LogP contribution in [0, 0.1) is 0 Å². The Balaban J connectivity index is 1.84. The monoisotopic (exact) mass is 291 g/mol. The highest BCUT2D eigenvalue weighted by Gasteiger charge is 2.26. The number of esters is 1. The van der Waals surface area contributed by atoms with Crippen molar-refractivity contribution in [1.29, 1.82) is 0 Å². The standard InChI is InChI=1S/C16H21NO4/c1-19-16(18)10-13(17-7-3-2-4-8-17)12-5-6-14-15(9-12)21-11-20-14/h5-6,9,13H,2-4,7-8,10-11H2,1H3/t13-/m1/s1. The molecule has 5 heteroatoms. The van der Waals surface area contributed by atoms with Gasteiger partial charge in [-0.3, -0.25) is 9.69 Å². The Morgan fingerprint density at radius 3 is 2.76 bits per heavy atom. The van der Waals surface area contributed by atoms with Crippen LogP contribution in [0.3, 0.4) is 0 Å². The average molecular weight is 291 g/mol. The zero-order valence-electron chi connectivity index (χ0n) is 12.3. The highest BCUT2D eigenvalue weighted by molar-refractivity contribution is 5.70. The molecule has 114 valence electrons. The molecule has 0 aliphatic carbocycles. The van der Waals surface area contributed by atoms with Crippen LogP contribution in [0.1, 0.15) is 37.3 Å². The van der Waals surface area contributed by atoms with Gasteiger partial charge in [-0.2, -0.15) is 0 Å². The van der Waals surface area contributed by atoms with Crippen molar-refractivity contribution < 1.29 is 19.0 Å². The largest absolute Gasteiger partial charge is 0.469 e. The molecular formula is C16H21NO4. The number of carbonyl (C=O) groups is 1. The Morgan fingerprint density at radius 2 is 2.00 bits per heavy atom. The summed E-state index contributed by atoms with van der Waals surface area (Å²) < 4.78 is 15.7. The quantitative estimate of drug-likeness (QED) is 0.798. The number of ether oxygens (including phenoxy) is 3. The predicted molar refractivity (Wildman–Crippen MR) is 77.4 cm³/mol. The first-order valence-electron chi connectivity index (χ1n) is 7.48. The molecule has 2 aliphatic heterocycles. The number of piperidine rings is 1. The van der Waals surface area contributed by atoms with Crippen molar-refractivity contribution in [3.05, 3.63) is 23.8 Å². The second kappa shape index (κ2) is 6.35. The Morgan fingerprint density at radius 1 is 1.24 bits per heavy atom. The van der Waals surface area contributed by atoms with E-state index in [1.807, 2.05) is 18.2 Å². The van der Waals surface area contributed by atoms with Gasteiger partial charge in [-0.15, -0.1) is 0 Å². The van der Waals surface area contributed by atoms with E-state index in [-0.39, 0.29) is 18.8 Å². The molecule has 1 aromatic carbocycles. The topological polar surface area (TPSA) is 48.0 Å². The summed E-state index contributed by atoms with van der Waals surface area (Å²) in [4.78, 5) is 14.1. The molecule has 2 aliphatic rings. The van der Waals surface area contributed by atoms with Crippen molar-refractivity contribution in [3.8, 4) is 11.5 Å². The van der Waals surface area contributed by atoms with Gasteiger partial charge < -0.3 is 14.2 Å². The smallest absolute Gasteiger partial charge is 0.307 e. The number of hydrogen-bond donors (Lipinski definition) is 0. The minimum Gasteiger partial charge on any atom is -0.469 e. The Hall–Kier alpha value is -1.75. The van der Waals surface area contributed by atoms with Gasteiger partial charge in [-0.25, -0.2) is 0 Å². The van der Waals surface area contributed by atoms with Crippen LogP contribution in [0.2, 0.25) is 0 Å². The molecule has 0 bridgehead atoms. The van der Waals surface area contributed by atoms with E-state index in [1.54, 1.807) is 0 Å². The first-order valence-corrected chi connectivity index (χ1v) is 7.48. The van der Waals surface area contributed by atoms with E-state index in [9.17, 15) is 4.79 Å². The number of methoxy groups -OCH3 is 1. The lowest BCUT2D eigenvalue weighted by Crippen LogP contribution is -2.35. The highest BCUT2D eigenvalue weighted by atomic mass is 16.7. The summed E-state index contributed by atoms with van der Waals surface area (Å²) in [5, 5.41) is 0. The summed E-state index contributed by atoms with van der Waals surface area (Å²) in [6.45, 7) is 2.32. The van der Waals surface area contributed by atoms with Crippen LogP contribution in [0.25, 0.3) is 0 Å². The number of nitrogens with zero attached hydrogens (tertiary/aromatic N) is 1. The van der Waals surface area contributed by atoms with Crippen molar-refractivity contribution in [2.75, 3.05) is 27.0 Å². The molecular weight excluding hydrogens is 270 g/mol. The molecule has 1 fully saturated rings. The SMILES string of the molecule is COC(=O)C[C@H](c1ccc2c(c1)OCO2)N1CCCCC1. The van der Waals surface area contributed by atoms with Crippen molar-refractivity contribution in [1.82, 2.24) is 4.90 Å². The van der Waals surface area contributed by atoms with E-state index in [2.05, 4.69) is 4.90 Å². The summed E-state index contributed by atoms with van der Waals surface area (Å²) in [7, 11) is 1.44. The summed E-state index contributed by atoms with van der Waals surface area (Å²) in [5.41, 5.74) is 1.09. The maximum absolute atomic E-state index is 11.8. The fraction of sp³-hybridized carbons (Fsp3) is 0.562. The predicted octanol–water partition coefficient (Wildman–Crippen LogP) is 2.51. The van der Waals surface area contributed by atoms with Gasteiger partial charge in [0.05, 0.1) is 13.5 Å². The van der Waals surface area contributed by atoms with E-state index >= 15 is 0 Å². The number of benzene rings is 1. The minimum absolute atomic E-state index is 0.0484. The van der Waals surface area contributed by atoms with Crippen LogP contribution in [0.5, 0.6) is 11.5 Å². The van der Waals surface area contributed by atoms with Crippen molar-refractivity contribution in [2.24, 2.45) is 0 Å². The highest BCUT2D eigenvalue weighted by Crippen LogP contribution is 2.37. The Labute approximate surface area is 124 Å². The first-order chi connectivity index (χ1) is 10.3. The van der Waals surface area contributed by atoms with E-state index in [0.717, 1.165) is 30.2 Å². The van der Waals surface area contributed by atoms with Crippen LogP contribution in [-0.4, -0.2) is 37.9 Å². The molecule has 0 N–H and O–H groups in total. The number of fused-ring (bicyclic) bond motifs is 1.